The van der Waals surface area contributed by atoms with Crippen LogP contribution >= 0.6 is 0 Å². The molecule has 2 amide bonds. The maximum atomic E-state index is 13.8. The van der Waals surface area contributed by atoms with Crippen molar-refractivity contribution in [3.8, 4) is 11.5 Å². The largest absolute Gasteiger partial charge is 0.478 e. The topological polar surface area (TPSA) is 59.1 Å². The van der Waals surface area contributed by atoms with E-state index >= 15 is 0 Å². The molecule has 38 heavy (non-hydrogen) atoms. The number of fused-ring (bicyclic) bond motifs is 3. The maximum absolute atomic E-state index is 13.8. The van der Waals surface area contributed by atoms with Crippen molar-refractivity contribution in [2.24, 2.45) is 0 Å². The highest BCUT2D eigenvalue weighted by Crippen LogP contribution is 2.65. The Balaban J connectivity index is 1.49. The molecule has 0 spiro atoms. The first kappa shape index (κ1) is 22.6. The third-order valence-electron chi connectivity index (χ3n) is 8.14. The van der Waals surface area contributed by atoms with Gasteiger partial charge >= 0.3 is 0 Å². The van der Waals surface area contributed by atoms with E-state index in [1.165, 1.54) is 0 Å². The lowest BCUT2D eigenvalue weighted by Crippen LogP contribution is -2.95. The highest BCUT2D eigenvalue weighted by molar-refractivity contribution is 5.99. The summed E-state index contributed by atoms with van der Waals surface area (Å²) in [5, 5.41) is 0. The van der Waals surface area contributed by atoms with Crippen LogP contribution in [0.2, 0.25) is 0 Å². The summed E-state index contributed by atoms with van der Waals surface area (Å²) in [5.74, 6) is 1.02. The summed E-state index contributed by atoms with van der Waals surface area (Å²) in [6, 6.07) is 38.7. The SMILES string of the molecule is O=C1[C@@H](Oc2ccccc2)[C@@]2(c3ccccc3)N1CCN1C(=O)[C@@H](Oc3ccccc3)[C@@]12c1ccccc1. The molecule has 3 aliphatic rings. The Kier molecular flexibility index (Phi) is 5.05. The van der Waals surface area contributed by atoms with Crippen molar-refractivity contribution in [1.29, 1.82) is 0 Å². The van der Waals surface area contributed by atoms with Gasteiger partial charge in [-0.2, -0.15) is 0 Å². The third kappa shape index (κ3) is 2.83. The summed E-state index contributed by atoms with van der Waals surface area (Å²) in [7, 11) is 0. The third-order valence-corrected chi connectivity index (χ3v) is 8.14. The van der Waals surface area contributed by atoms with Crippen molar-refractivity contribution in [3.63, 3.8) is 0 Å². The number of β-lactam (4-membered cyclic amide) rings is 2. The van der Waals surface area contributed by atoms with Crippen LogP contribution in [-0.2, 0) is 20.7 Å². The molecule has 6 heteroatoms. The van der Waals surface area contributed by atoms with Crippen molar-refractivity contribution in [3.05, 3.63) is 132 Å². The lowest BCUT2D eigenvalue weighted by molar-refractivity contribution is -0.276. The number of para-hydroxylation sites is 2. The molecule has 4 aromatic carbocycles. The lowest BCUT2D eigenvalue weighted by atomic mass is 9.51. The molecule has 0 aromatic heterocycles. The van der Waals surface area contributed by atoms with Crippen LogP contribution in [0.15, 0.2) is 121 Å². The molecule has 6 nitrogen and oxygen atoms in total. The van der Waals surface area contributed by atoms with E-state index in [0.717, 1.165) is 11.1 Å². The highest BCUT2D eigenvalue weighted by atomic mass is 16.5. The number of piperazine rings is 1. The van der Waals surface area contributed by atoms with Crippen LogP contribution in [0.5, 0.6) is 11.5 Å². The second kappa shape index (κ2) is 8.48. The predicted octanol–water partition coefficient (Wildman–Crippen LogP) is 4.37. The second-order valence-electron chi connectivity index (χ2n) is 9.87. The van der Waals surface area contributed by atoms with E-state index in [1.54, 1.807) is 0 Å². The summed E-state index contributed by atoms with van der Waals surface area (Å²) in [4.78, 5) is 31.5. The monoisotopic (exact) mass is 502 g/mol. The number of carbonyl (C=O) groups excluding carboxylic acids is 2. The number of hydrogen-bond acceptors (Lipinski definition) is 4. The van der Waals surface area contributed by atoms with Crippen LogP contribution in [0.1, 0.15) is 11.1 Å². The zero-order valence-electron chi connectivity index (χ0n) is 20.6. The van der Waals surface area contributed by atoms with Gasteiger partial charge in [-0.15, -0.1) is 0 Å². The van der Waals surface area contributed by atoms with Crippen LogP contribution in [0.25, 0.3) is 0 Å². The molecular formula is C32H26N2O4. The van der Waals surface area contributed by atoms with Crippen molar-refractivity contribution in [1.82, 2.24) is 9.80 Å². The Morgan fingerprint density at radius 3 is 1.16 bits per heavy atom. The Hall–Kier alpha value is -4.58. The van der Waals surface area contributed by atoms with E-state index in [2.05, 4.69) is 0 Å². The van der Waals surface area contributed by atoms with Gasteiger partial charge in [-0.05, 0) is 35.4 Å². The second-order valence-corrected chi connectivity index (χ2v) is 9.87. The molecule has 4 aromatic rings. The van der Waals surface area contributed by atoms with E-state index in [1.807, 2.05) is 131 Å². The minimum Gasteiger partial charge on any atom is -0.478 e. The van der Waals surface area contributed by atoms with Crippen LogP contribution in [0.4, 0.5) is 0 Å². The van der Waals surface area contributed by atoms with Gasteiger partial charge in [0.25, 0.3) is 11.8 Å². The minimum absolute atomic E-state index is 0.0922. The first-order valence-corrected chi connectivity index (χ1v) is 12.9. The molecule has 0 radical (unpaired) electrons. The normalized spacial score (nSPS) is 27.5. The molecule has 3 fully saturated rings. The van der Waals surface area contributed by atoms with E-state index in [9.17, 15) is 9.59 Å². The quantitative estimate of drug-likeness (QED) is 0.368. The van der Waals surface area contributed by atoms with E-state index in [-0.39, 0.29) is 11.8 Å². The number of rotatable bonds is 6. The van der Waals surface area contributed by atoms with Gasteiger partial charge in [0, 0.05) is 13.1 Å². The summed E-state index contributed by atoms with van der Waals surface area (Å²) in [6.07, 6.45) is -1.71. The first-order valence-electron chi connectivity index (χ1n) is 12.9. The number of nitrogens with zero attached hydrogens (tertiary/aromatic N) is 2. The molecule has 0 unspecified atom stereocenters. The Morgan fingerprint density at radius 1 is 0.500 bits per heavy atom. The Labute approximate surface area is 221 Å². The van der Waals surface area contributed by atoms with Crippen LogP contribution in [0, 0.1) is 0 Å². The van der Waals surface area contributed by atoms with E-state index in [0.29, 0.717) is 24.6 Å². The van der Waals surface area contributed by atoms with Crippen LogP contribution < -0.4 is 9.47 Å². The van der Waals surface area contributed by atoms with Gasteiger partial charge in [0.1, 0.15) is 22.6 Å². The van der Waals surface area contributed by atoms with E-state index in [4.69, 9.17) is 9.47 Å². The van der Waals surface area contributed by atoms with Crippen molar-refractivity contribution in [2.45, 2.75) is 23.3 Å². The molecule has 3 saturated heterocycles. The smallest absolute Gasteiger partial charge is 0.267 e. The highest BCUT2D eigenvalue weighted by Gasteiger charge is 2.84. The van der Waals surface area contributed by atoms with Crippen LogP contribution in [0.3, 0.4) is 0 Å². The zero-order valence-corrected chi connectivity index (χ0v) is 20.6. The molecule has 188 valence electrons. The van der Waals surface area contributed by atoms with Crippen molar-refractivity contribution < 1.29 is 19.1 Å². The Morgan fingerprint density at radius 2 is 0.816 bits per heavy atom. The average molecular weight is 503 g/mol. The number of benzene rings is 4. The fraction of sp³-hybridized carbons (Fsp3) is 0.188. The van der Waals surface area contributed by atoms with Gasteiger partial charge < -0.3 is 19.3 Å². The fourth-order valence-electron chi connectivity index (χ4n) is 6.70. The van der Waals surface area contributed by atoms with Crippen molar-refractivity contribution >= 4 is 11.8 Å². The summed E-state index contributed by atoms with van der Waals surface area (Å²) < 4.78 is 13.1. The Bertz CT molecular complexity index is 1370. The number of hydrogen-bond donors (Lipinski definition) is 0. The van der Waals surface area contributed by atoms with Gasteiger partial charge in [-0.1, -0.05) is 97.1 Å². The molecule has 4 atom stereocenters. The van der Waals surface area contributed by atoms with Crippen LogP contribution in [-0.4, -0.2) is 46.9 Å². The number of ether oxygens (including phenoxy) is 2. The molecule has 0 aliphatic carbocycles. The van der Waals surface area contributed by atoms with Crippen molar-refractivity contribution in [2.75, 3.05) is 13.1 Å². The maximum Gasteiger partial charge on any atom is 0.267 e. The molecule has 0 N–H and O–H groups in total. The lowest BCUT2D eigenvalue weighted by Gasteiger charge is -2.75. The molecular weight excluding hydrogens is 476 g/mol. The predicted molar refractivity (Wildman–Crippen MR) is 141 cm³/mol. The molecule has 0 bridgehead atoms. The molecule has 3 aliphatic heterocycles. The minimum atomic E-state index is -1.01. The standard InChI is InChI=1S/C32H26N2O4/c35-29-27(37-25-17-9-3-10-18-25)31(23-13-5-1-6-14-23)32(24-15-7-2-8-16-24)28(38-26-19-11-4-12-20-26)30(36)34(32)22-21-33(29)31/h1-20,27-28H,21-22H2/t27-,28-,31-,32-/m1/s1. The van der Waals surface area contributed by atoms with E-state index < -0.39 is 23.3 Å². The average Bonchev–Trinajstić information content (AvgIpc) is 2.99. The number of amides is 2. The molecule has 3 heterocycles. The van der Waals surface area contributed by atoms with Gasteiger partial charge in [0.2, 0.25) is 12.2 Å². The van der Waals surface area contributed by atoms with Gasteiger partial charge in [-0.3, -0.25) is 9.59 Å². The molecule has 7 rings (SSSR count). The number of carbonyl (C=O) groups is 2. The molecule has 0 saturated carbocycles. The zero-order chi connectivity index (χ0) is 25.7. The summed E-state index contributed by atoms with van der Waals surface area (Å²) in [5.41, 5.74) is -0.200. The summed E-state index contributed by atoms with van der Waals surface area (Å²) in [6.45, 7) is 0.835. The first-order chi connectivity index (χ1) is 18.7. The van der Waals surface area contributed by atoms with Gasteiger partial charge in [0.15, 0.2) is 0 Å². The summed E-state index contributed by atoms with van der Waals surface area (Å²) >= 11 is 0. The van der Waals surface area contributed by atoms with Gasteiger partial charge in [0.05, 0.1) is 0 Å². The van der Waals surface area contributed by atoms with Gasteiger partial charge in [-0.25, -0.2) is 0 Å². The fourth-order valence-corrected chi connectivity index (χ4v) is 6.70.